The number of anilines is 1. The molecule has 7 heteroatoms. The van der Waals surface area contributed by atoms with Crippen LogP contribution in [0, 0.1) is 0 Å². The summed E-state index contributed by atoms with van der Waals surface area (Å²) in [5, 5.41) is 6.53. The molecule has 0 aliphatic rings. The molecule has 2 aromatic carbocycles. The van der Waals surface area contributed by atoms with Gasteiger partial charge in [0.2, 0.25) is 17.8 Å². The molecule has 4 N–H and O–H groups in total. The SMILES string of the molecule is CC(=O)NC(Cc1c[nH]c2ccccc12)C(=O)Nc1nc2ccccc2[nH]1. The van der Waals surface area contributed by atoms with Gasteiger partial charge in [0.05, 0.1) is 11.0 Å². The Bertz CT molecular complexity index is 1090. The second-order valence-corrected chi connectivity index (χ2v) is 6.41. The fraction of sp³-hybridized carbons (Fsp3) is 0.150. The van der Waals surface area contributed by atoms with Crippen LogP contribution >= 0.6 is 0 Å². The van der Waals surface area contributed by atoms with Crippen LogP contribution in [0.4, 0.5) is 5.95 Å². The van der Waals surface area contributed by atoms with Crippen molar-refractivity contribution in [3.63, 3.8) is 0 Å². The molecule has 0 fully saturated rings. The number of carbonyl (C=O) groups is 2. The van der Waals surface area contributed by atoms with Crippen LogP contribution in [0.2, 0.25) is 0 Å². The molecule has 0 spiro atoms. The highest BCUT2D eigenvalue weighted by Gasteiger charge is 2.22. The molecule has 7 nitrogen and oxygen atoms in total. The van der Waals surface area contributed by atoms with Crippen molar-refractivity contribution < 1.29 is 9.59 Å². The third-order valence-corrected chi connectivity index (χ3v) is 4.42. The standard InChI is InChI=1S/C20H19N5O2/c1-12(26)22-18(10-13-11-21-15-7-3-2-6-14(13)15)19(27)25-20-23-16-8-4-5-9-17(16)24-20/h2-9,11,18,21H,10H2,1H3,(H,22,26)(H2,23,24,25,27). The first-order valence-electron chi connectivity index (χ1n) is 8.68. The fourth-order valence-corrected chi connectivity index (χ4v) is 3.19. The third kappa shape index (κ3) is 3.52. The number of aromatic amines is 2. The zero-order chi connectivity index (χ0) is 18.8. The average molecular weight is 361 g/mol. The summed E-state index contributed by atoms with van der Waals surface area (Å²) >= 11 is 0. The number of fused-ring (bicyclic) bond motifs is 2. The minimum atomic E-state index is -0.713. The minimum Gasteiger partial charge on any atom is -0.361 e. The van der Waals surface area contributed by atoms with Crippen LogP contribution in [0.5, 0.6) is 0 Å². The van der Waals surface area contributed by atoms with Gasteiger partial charge in [-0.2, -0.15) is 0 Å². The number of nitrogens with one attached hydrogen (secondary N) is 4. The van der Waals surface area contributed by atoms with Crippen LogP contribution in [0.1, 0.15) is 12.5 Å². The Kier molecular flexibility index (Phi) is 4.33. The molecule has 27 heavy (non-hydrogen) atoms. The average Bonchev–Trinajstić information content (AvgIpc) is 3.24. The number of hydrogen-bond donors (Lipinski definition) is 4. The van der Waals surface area contributed by atoms with Gasteiger partial charge in [-0.15, -0.1) is 0 Å². The van der Waals surface area contributed by atoms with Gasteiger partial charge in [-0.05, 0) is 23.8 Å². The van der Waals surface area contributed by atoms with E-state index in [1.165, 1.54) is 6.92 Å². The summed E-state index contributed by atoms with van der Waals surface area (Å²) < 4.78 is 0. The molecule has 2 aromatic heterocycles. The number of H-pyrrole nitrogens is 2. The maximum Gasteiger partial charge on any atom is 0.249 e. The van der Waals surface area contributed by atoms with E-state index in [-0.39, 0.29) is 11.8 Å². The van der Waals surface area contributed by atoms with Gasteiger partial charge in [0.1, 0.15) is 6.04 Å². The molecular formula is C20H19N5O2. The molecule has 4 aromatic rings. The molecule has 1 atom stereocenters. The minimum absolute atomic E-state index is 0.264. The largest absolute Gasteiger partial charge is 0.361 e. The first kappa shape index (κ1) is 16.8. The van der Waals surface area contributed by atoms with Gasteiger partial charge in [0.25, 0.3) is 0 Å². The van der Waals surface area contributed by atoms with E-state index in [0.29, 0.717) is 12.4 Å². The van der Waals surface area contributed by atoms with E-state index in [4.69, 9.17) is 0 Å². The third-order valence-electron chi connectivity index (χ3n) is 4.42. The van der Waals surface area contributed by atoms with Crippen molar-refractivity contribution in [2.24, 2.45) is 0 Å². The highest BCUT2D eigenvalue weighted by atomic mass is 16.2. The van der Waals surface area contributed by atoms with E-state index < -0.39 is 6.04 Å². The highest BCUT2D eigenvalue weighted by Crippen LogP contribution is 2.20. The molecule has 1 unspecified atom stereocenters. The lowest BCUT2D eigenvalue weighted by Crippen LogP contribution is -2.44. The summed E-state index contributed by atoms with van der Waals surface area (Å²) in [6, 6.07) is 14.7. The van der Waals surface area contributed by atoms with Crippen LogP contribution in [0.15, 0.2) is 54.7 Å². The molecule has 4 rings (SSSR count). The van der Waals surface area contributed by atoms with E-state index in [9.17, 15) is 9.59 Å². The number of para-hydroxylation sites is 3. The zero-order valence-corrected chi connectivity index (χ0v) is 14.7. The van der Waals surface area contributed by atoms with E-state index >= 15 is 0 Å². The summed E-state index contributed by atoms with van der Waals surface area (Å²) in [7, 11) is 0. The number of nitrogens with zero attached hydrogens (tertiary/aromatic N) is 1. The molecule has 2 amide bonds. The van der Waals surface area contributed by atoms with Crippen molar-refractivity contribution in [1.82, 2.24) is 20.3 Å². The van der Waals surface area contributed by atoms with Crippen molar-refractivity contribution in [2.45, 2.75) is 19.4 Å². The molecule has 0 bridgehead atoms. The monoisotopic (exact) mass is 361 g/mol. The van der Waals surface area contributed by atoms with Gasteiger partial charge in [0.15, 0.2) is 0 Å². The van der Waals surface area contributed by atoms with Crippen molar-refractivity contribution in [2.75, 3.05) is 5.32 Å². The first-order chi connectivity index (χ1) is 13.1. The Morgan fingerprint density at radius 2 is 1.81 bits per heavy atom. The van der Waals surface area contributed by atoms with Crippen LogP contribution in [0.3, 0.4) is 0 Å². The normalized spacial score (nSPS) is 12.2. The van der Waals surface area contributed by atoms with Crippen LogP contribution < -0.4 is 10.6 Å². The number of aromatic nitrogens is 3. The molecular weight excluding hydrogens is 342 g/mol. The number of benzene rings is 2. The van der Waals surface area contributed by atoms with Crippen molar-refractivity contribution in [3.8, 4) is 0 Å². The maximum atomic E-state index is 12.8. The summed E-state index contributed by atoms with van der Waals surface area (Å²) in [5.74, 6) is -0.232. The number of imidazole rings is 1. The van der Waals surface area contributed by atoms with Crippen molar-refractivity contribution in [1.29, 1.82) is 0 Å². The summed E-state index contributed by atoms with van der Waals surface area (Å²) in [4.78, 5) is 35.0. The fourth-order valence-electron chi connectivity index (χ4n) is 3.19. The molecule has 136 valence electrons. The second-order valence-electron chi connectivity index (χ2n) is 6.41. The molecule has 0 aliphatic heterocycles. The van der Waals surface area contributed by atoms with Gasteiger partial charge < -0.3 is 15.3 Å². The van der Waals surface area contributed by atoms with Gasteiger partial charge in [0, 0.05) is 30.4 Å². The van der Waals surface area contributed by atoms with Gasteiger partial charge in [-0.25, -0.2) is 4.98 Å². The number of rotatable bonds is 5. The quantitative estimate of drug-likeness (QED) is 0.439. The van der Waals surface area contributed by atoms with Crippen molar-refractivity contribution in [3.05, 3.63) is 60.3 Å². The Morgan fingerprint density at radius 1 is 1.07 bits per heavy atom. The molecule has 0 aliphatic carbocycles. The molecule has 0 saturated carbocycles. The lowest BCUT2D eigenvalue weighted by Gasteiger charge is -2.16. The molecule has 0 saturated heterocycles. The summed E-state index contributed by atoms with van der Waals surface area (Å²) in [6.07, 6.45) is 2.24. The topological polar surface area (TPSA) is 103 Å². The predicted molar refractivity (Wildman–Crippen MR) is 104 cm³/mol. The van der Waals surface area contributed by atoms with Gasteiger partial charge in [-0.1, -0.05) is 30.3 Å². The first-order valence-corrected chi connectivity index (χ1v) is 8.68. The number of carbonyl (C=O) groups excluding carboxylic acids is 2. The lowest BCUT2D eigenvalue weighted by atomic mass is 10.0. The molecule has 0 radical (unpaired) electrons. The predicted octanol–water partition coefficient (Wildman–Crippen LogP) is 2.73. The lowest BCUT2D eigenvalue weighted by molar-refractivity contribution is -0.125. The van der Waals surface area contributed by atoms with E-state index in [2.05, 4.69) is 25.6 Å². The zero-order valence-electron chi connectivity index (χ0n) is 14.7. The highest BCUT2D eigenvalue weighted by molar-refractivity contribution is 5.97. The van der Waals surface area contributed by atoms with E-state index in [0.717, 1.165) is 27.5 Å². The Morgan fingerprint density at radius 3 is 2.59 bits per heavy atom. The molecule has 2 heterocycles. The summed E-state index contributed by atoms with van der Waals surface area (Å²) in [6.45, 7) is 1.40. The summed E-state index contributed by atoms with van der Waals surface area (Å²) in [5.41, 5.74) is 3.55. The Labute approximate surface area is 155 Å². The Balaban J connectivity index is 1.57. The van der Waals surface area contributed by atoms with Gasteiger partial charge >= 0.3 is 0 Å². The number of amides is 2. The van der Waals surface area contributed by atoms with E-state index in [1.807, 2.05) is 54.7 Å². The van der Waals surface area contributed by atoms with E-state index in [1.54, 1.807) is 0 Å². The van der Waals surface area contributed by atoms with Crippen molar-refractivity contribution >= 4 is 39.7 Å². The number of hydrogen-bond acceptors (Lipinski definition) is 3. The Hall–Kier alpha value is -3.61. The van der Waals surface area contributed by atoms with Crippen LogP contribution in [-0.2, 0) is 16.0 Å². The van der Waals surface area contributed by atoms with Crippen LogP contribution in [-0.4, -0.2) is 32.8 Å². The smallest absolute Gasteiger partial charge is 0.249 e. The van der Waals surface area contributed by atoms with Crippen LogP contribution in [0.25, 0.3) is 21.9 Å². The second kappa shape index (κ2) is 6.95. The maximum absolute atomic E-state index is 12.8. The van der Waals surface area contributed by atoms with Gasteiger partial charge in [-0.3, -0.25) is 14.9 Å².